The zero-order chi connectivity index (χ0) is 22.8. The molecule has 0 spiro atoms. The van der Waals surface area contributed by atoms with Crippen LogP contribution < -0.4 is 20.9 Å². The highest BCUT2D eigenvalue weighted by Gasteiger charge is 2.26. The van der Waals surface area contributed by atoms with Crippen LogP contribution in [0.15, 0.2) is 30.6 Å². The molecule has 3 aromatic rings. The van der Waals surface area contributed by atoms with Crippen LogP contribution >= 0.6 is 0 Å². The average molecular weight is 455 g/mol. The second-order valence-electron chi connectivity index (χ2n) is 8.00. The van der Waals surface area contributed by atoms with E-state index in [1.165, 1.54) is 17.1 Å². The Kier molecular flexibility index (Phi) is 5.92. The minimum atomic E-state index is -0.418. The van der Waals surface area contributed by atoms with Gasteiger partial charge < -0.3 is 30.7 Å². The first kappa shape index (κ1) is 21.3. The van der Waals surface area contributed by atoms with Crippen LogP contribution in [0.25, 0.3) is 5.82 Å². The van der Waals surface area contributed by atoms with Crippen LogP contribution in [0.5, 0.6) is 0 Å². The quantitative estimate of drug-likeness (QED) is 0.500. The fourth-order valence-corrected chi connectivity index (χ4v) is 4.25. The lowest BCUT2D eigenvalue weighted by Gasteiger charge is -2.29. The number of aliphatic hydroxyl groups excluding tert-OH is 1. The van der Waals surface area contributed by atoms with Gasteiger partial charge in [0.1, 0.15) is 18.0 Å². The summed E-state index contributed by atoms with van der Waals surface area (Å²) in [5, 5.41) is 16.8. The molecule has 0 unspecified atom stereocenters. The lowest BCUT2D eigenvalue weighted by atomic mass is 10.2. The summed E-state index contributed by atoms with van der Waals surface area (Å²) < 4.78 is 21.7. The maximum Gasteiger partial charge on any atom is 0.241 e. The van der Waals surface area contributed by atoms with E-state index in [0.29, 0.717) is 24.8 Å². The third kappa shape index (κ3) is 4.39. The molecule has 1 atom stereocenters. The predicted molar refractivity (Wildman–Crippen MR) is 122 cm³/mol. The molecule has 2 aliphatic rings. The molecule has 2 aliphatic heterocycles. The number of nitrogen functional groups attached to an aromatic ring is 1. The largest absolute Gasteiger partial charge is 0.394 e. The SMILES string of the molecule is Nc1nc(Nc2ccc(N3CCOCC3)cc2F)n(-c2cc(N3CCC[C@@H]3CO)ncn2)n1. The van der Waals surface area contributed by atoms with E-state index in [9.17, 15) is 9.50 Å². The molecule has 12 heteroatoms. The van der Waals surface area contributed by atoms with Gasteiger partial charge in [-0.25, -0.2) is 14.4 Å². The van der Waals surface area contributed by atoms with Gasteiger partial charge in [0.2, 0.25) is 11.9 Å². The zero-order valence-electron chi connectivity index (χ0n) is 18.1. The monoisotopic (exact) mass is 455 g/mol. The fraction of sp³-hybridized carbons (Fsp3) is 0.429. The summed E-state index contributed by atoms with van der Waals surface area (Å²) in [6.45, 7) is 3.56. The topological polar surface area (TPSA) is 130 Å². The molecular formula is C21H26FN9O2. The first-order chi connectivity index (χ1) is 16.1. The van der Waals surface area contributed by atoms with Crippen molar-refractivity contribution >= 4 is 29.1 Å². The predicted octanol–water partition coefficient (Wildman–Crippen LogP) is 1.32. The van der Waals surface area contributed by atoms with Crippen molar-refractivity contribution in [2.75, 3.05) is 60.3 Å². The van der Waals surface area contributed by atoms with Gasteiger partial charge in [-0.2, -0.15) is 9.67 Å². The summed E-state index contributed by atoms with van der Waals surface area (Å²) in [5.41, 5.74) is 6.89. The lowest BCUT2D eigenvalue weighted by molar-refractivity contribution is 0.122. The summed E-state index contributed by atoms with van der Waals surface area (Å²) in [6.07, 6.45) is 3.31. The minimum Gasteiger partial charge on any atom is -0.394 e. The summed E-state index contributed by atoms with van der Waals surface area (Å²) in [7, 11) is 0. The molecule has 5 rings (SSSR count). The molecule has 0 radical (unpaired) electrons. The number of rotatable bonds is 6. The number of nitrogens with one attached hydrogen (secondary N) is 1. The van der Waals surface area contributed by atoms with E-state index in [1.54, 1.807) is 12.1 Å². The number of aromatic nitrogens is 5. The van der Waals surface area contributed by atoms with Crippen molar-refractivity contribution in [2.24, 2.45) is 0 Å². The maximum atomic E-state index is 14.9. The number of halogens is 1. The van der Waals surface area contributed by atoms with E-state index in [0.717, 1.165) is 38.2 Å². The van der Waals surface area contributed by atoms with Crippen molar-refractivity contribution in [1.29, 1.82) is 0 Å². The van der Waals surface area contributed by atoms with E-state index in [1.807, 2.05) is 11.0 Å². The maximum absolute atomic E-state index is 14.9. The summed E-state index contributed by atoms with van der Waals surface area (Å²) in [6, 6.07) is 6.78. The van der Waals surface area contributed by atoms with E-state index in [-0.39, 0.29) is 30.2 Å². The summed E-state index contributed by atoms with van der Waals surface area (Å²) in [4.78, 5) is 17.0. The molecule has 11 nitrogen and oxygen atoms in total. The van der Waals surface area contributed by atoms with Crippen molar-refractivity contribution in [3.63, 3.8) is 0 Å². The highest BCUT2D eigenvalue weighted by atomic mass is 19.1. The molecule has 2 aromatic heterocycles. The van der Waals surface area contributed by atoms with E-state index < -0.39 is 5.82 Å². The smallest absolute Gasteiger partial charge is 0.241 e. The molecular weight excluding hydrogens is 429 g/mol. The Morgan fingerprint density at radius 1 is 1.15 bits per heavy atom. The Morgan fingerprint density at radius 3 is 2.76 bits per heavy atom. The number of nitrogens with two attached hydrogens (primary N) is 1. The van der Waals surface area contributed by atoms with Gasteiger partial charge >= 0.3 is 0 Å². The van der Waals surface area contributed by atoms with Crippen LogP contribution in [0, 0.1) is 5.82 Å². The molecule has 0 bridgehead atoms. The van der Waals surface area contributed by atoms with Crippen molar-refractivity contribution in [2.45, 2.75) is 18.9 Å². The Balaban J connectivity index is 1.40. The standard InChI is InChI=1S/C21H26FN9O2/c22-16-10-14(29-6-8-33-9-7-29)3-4-17(16)26-21-27-20(23)28-31(21)19-11-18(24-13-25-19)30-5-1-2-15(30)12-32/h3-4,10-11,13,15,32H,1-2,5-9,12H2,(H3,23,26,27,28)/t15-/m1/s1. The van der Waals surface area contributed by atoms with Crippen LogP contribution in [0.1, 0.15) is 12.8 Å². The number of nitrogens with zero attached hydrogens (tertiary/aromatic N) is 7. The Labute approximate surface area is 190 Å². The molecule has 0 amide bonds. The van der Waals surface area contributed by atoms with Crippen molar-refractivity contribution < 1.29 is 14.2 Å². The fourth-order valence-electron chi connectivity index (χ4n) is 4.25. The van der Waals surface area contributed by atoms with Crippen LogP contribution in [0.2, 0.25) is 0 Å². The molecule has 2 saturated heterocycles. The van der Waals surface area contributed by atoms with Gasteiger partial charge in [-0.3, -0.25) is 0 Å². The number of aliphatic hydroxyl groups is 1. The first-order valence-corrected chi connectivity index (χ1v) is 10.9. The van der Waals surface area contributed by atoms with Crippen LogP contribution in [0.3, 0.4) is 0 Å². The van der Waals surface area contributed by atoms with Gasteiger partial charge in [-0.1, -0.05) is 0 Å². The minimum absolute atomic E-state index is 0.0187. The van der Waals surface area contributed by atoms with Gasteiger partial charge in [0.05, 0.1) is 31.5 Å². The molecule has 174 valence electrons. The van der Waals surface area contributed by atoms with E-state index in [4.69, 9.17) is 10.5 Å². The highest BCUT2D eigenvalue weighted by molar-refractivity contribution is 5.62. The molecule has 0 saturated carbocycles. The van der Waals surface area contributed by atoms with Crippen LogP contribution in [-0.2, 0) is 4.74 Å². The summed E-state index contributed by atoms with van der Waals surface area (Å²) in [5.74, 6) is 0.948. The van der Waals surface area contributed by atoms with E-state index in [2.05, 4.69) is 30.3 Å². The number of morpholine rings is 1. The molecule has 0 aliphatic carbocycles. The van der Waals surface area contributed by atoms with Crippen LogP contribution in [0.4, 0.5) is 33.5 Å². The Bertz CT molecular complexity index is 1120. The number of anilines is 5. The third-order valence-corrected chi connectivity index (χ3v) is 5.94. The highest BCUT2D eigenvalue weighted by Crippen LogP contribution is 2.28. The van der Waals surface area contributed by atoms with Gasteiger partial charge in [0, 0.05) is 31.4 Å². The van der Waals surface area contributed by atoms with Gasteiger partial charge in [0.25, 0.3) is 0 Å². The third-order valence-electron chi connectivity index (χ3n) is 5.94. The van der Waals surface area contributed by atoms with E-state index >= 15 is 0 Å². The second-order valence-corrected chi connectivity index (χ2v) is 8.00. The molecule has 4 heterocycles. The van der Waals surface area contributed by atoms with Gasteiger partial charge in [-0.05, 0) is 31.0 Å². The summed E-state index contributed by atoms with van der Waals surface area (Å²) >= 11 is 0. The first-order valence-electron chi connectivity index (χ1n) is 10.9. The Hall–Kier alpha value is -3.51. The van der Waals surface area contributed by atoms with Gasteiger partial charge in [0.15, 0.2) is 5.82 Å². The number of hydrogen-bond acceptors (Lipinski definition) is 10. The van der Waals surface area contributed by atoms with Crippen molar-refractivity contribution in [1.82, 2.24) is 24.7 Å². The normalized spacial score (nSPS) is 18.7. The Morgan fingerprint density at radius 2 is 1.97 bits per heavy atom. The molecule has 2 fully saturated rings. The molecule has 4 N–H and O–H groups in total. The van der Waals surface area contributed by atoms with Crippen LogP contribution in [-0.4, -0.2) is 75.3 Å². The van der Waals surface area contributed by atoms with Gasteiger partial charge in [-0.15, -0.1) is 5.10 Å². The molecule has 33 heavy (non-hydrogen) atoms. The number of hydrogen-bond donors (Lipinski definition) is 3. The van der Waals surface area contributed by atoms with Crippen molar-refractivity contribution in [3.8, 4) is 5.82 Å². The number of benzene rings is 1. The lowest BCUT2D eigenvalue weighted by Crippen LogP contribution is -2.36. The zero-order valence-corrected chi connectivity index (χ0v) is 18.1. The average Bonchev–Trinajstić information content (AvgIpc) is 3.47. The number of ether oxygens (including phenoxy) is 1. The second kappa shape index (κ2) is 9.16. The van der Waals surface area contributed by atoms with Crippen molar-refractivity contribution in [3.05, 3.63) is 36.4 Å². The molecule has 1 aromatic carbocycles.